The molecule has 8 N–H and O–H groups in total. The number of carboxylic acid groups (broad SMARTS) is 1. The molecule has 0 bridgehead atoms. The van der Waals surface area contributed by atoms with Crippen LogP contribution in [0.5, 0.6) is 0 Å². The summed E-state index contributed by atoms with van der Waals surface area (Å²) in [4.78, 5) is 11.3. The Morgan fingerprint density at radius 3 is 1.25 bits per heavy atom. The van der Waals surface area contributed by atoms with E-state index in [4.69, 9.17) is 20.6 Å². The average molecular weight is 1010 g/mol. The van der Waals surface area contributed by atoms with E-state index >= 15 is 0 Å². The first-order valence-electron chi connectivity index (χ1n) is 15.5. The first-order valence-corrected chi connectivity index (χ1v) is 23.0. The van der Waals surface area contributed by atoms with E-state index < -0.39 is 126 Å². The molecule has 34 heteroatoms. The van der Waals surface area contributed by atoms with Gasteiger partial charge in [-0.25, -0.2) is 30.0 Å². The maximum Gasteiger partial charge on any atom is 1.00 e. The smallest absolute Gasteiger partial charge is 0.478 e. The van der Waals surface area contributed by atoms with Crippen LogP contribution in [0.3, 0.4) is 0 Å². The van der Waals surface area contributed by atoms with Gasteiger partial charge < -0.3 is 16.6 Å². The summed E-state index contributed by atoms with van der Waals surface area (Å²) in [5.74, 6) is -3.46. The summed E-state index contributed by atoms with van der Waals surface area (Å²) in [6.45, 7) is -1.79. The molecule has 0 aliphatic carbocycles. The van der Waals surface area contributed by atoms with Gasteiger partial charge in [-0.15, -0.1) is 20.5 Å². The number of nitrogens with two attached hydrogens (primary N) is 2. The maximum absolute atomic E-state index is 12.7. The van der Waals surface area contributed by atoms with Gasteiger partial charge in [-0.2, -0.15) is 35.5 Å². The summed E-state index contributed by atoms with van der Waals surface area (Å²) >= 11 is 0. The van der Waals surface area contributed by atoms with Crippen LogP contribution in [0.25, 0.3) is 0 Å². The summed E-state index contributed by atoms with van der Waals surface area (Å²) in [5.41, 5.74) is 7.99. The number of aromatic carboxylic acids is 1. The van der Waals surface area contributed by atoms with Gasteiger partial charge in [0.05, 0.1) is 57.3 Å². The number of nitrogen functional groups attached to an aromatic ring is 2. The van der Waals surface area contributed by atoms with Gasteiger partial charge in [-0.1, -0.05) is 12.1 Å². The van der Waals surface area contributed by atoms with E-state index in [0.29, 0.717) is 0 Å². The van der Waals surface area contributed by atoms with Crippen molar-refractivity contribution in [1.82, 2.24) is 0 Å². The van der Waals surface area contributed by atoms with E-state index in [-0.39, 0.29) is 139 Å². The number of carboxylic acids is 1. The molecule has 0 aliphatic rings. The van der Waals surface area contributed by atoms with Crippen molar-refractivity contribution in [3.8, 4) is 0 Å². The number of hydrogen-bond donors (Lipinski definition) is 6. The van der Waals surface area contributed by atoms with Gasteiger partial charge in [-0.05, 0) is 60.7 Å². The molecule has 316 valence electrons. The Hall–Kier alpha value is -1.70. The molecule has 25 nitrogen and oxygen atoms in total. The number of rotatable bonds is 18. The summed E-state index contributed by atoms with van der Waals surface area (Å²) in [6.07, 6.45) is 0. The second-order valence-electron chi connectivity index (χ2n) is 11.2. The van der Waals surface area contributed by atoms with Crippen LogP contribution in [0.4, 0.5) is 45.5 Å². The van der Waals surface area contributed by atoms with Crippen molar-refractivity contribution in [1.29, 1.82) is 0 Å². The predicted molar refractivity (Wildman–Crippen MR) is 203 cm³/mol. The Balaban J connectivity index is 0.00000961. The fraction of sp³-hybridized carbons (Fsp3) is 0.138. The van der Waals surface area contributed by atoms with E-state index in [1.54, 1.807) is 0 Å². The van der Waals surface area contributed by atoms with Crippen LogP contribution < -0.4 is 130 Å². The zero-order valence-corrected chi connectivity index (χ0v) is 45.3. The molecule has 4 aromatic rings. The summed E-state index contributed by atoms with van der Waals surface area (Å²) in [6, 6.07) is 13.4. The van der Waals surface area contributed by atoms with Crippen LogP contribution in [0, 0.1) is 0 Å². The molecule has 63 heavy (non-hydrogen) atoms. The zero-order chi connectivity index (χ0) is 44.0. The van der Waals surface area contributed by atoms with Crippen molar-refractivity contribution in [2.75, 3.05) is 36.2 Å². The Bertz CT molecular complexity index is 2950. The normalized spacial score (nSPS) is 12.3. The van der Waals surface area contributed by atoms with Crippen LogP contribution in [-0.4, -0.2) is 91.5 Å². The first kappa shape index (κ1) is 61.3. The van der Waals surface area contributed by atoms with E-state index in [0.717, 1.165) is 60.7 Å². The van der Waals surface area contributed by atoms with Gasteiger partial charge in [0.15, 0.2) is 19.7 Å². The molecule has 4 rings (SSSR count). The van der Waals surface area contributed by atoms with E-state index in [2.05, 4.69) is 39.1 Å². The molecule has 0 heterocycles. The second kappa shape index (κ2) is 25.4. The Morgan fingerprint density at radius 1 is 0.524 bits per heavy atom. The van der Waals surface area contributed by atoms with E-state index in [1.165, 1.54) is 12.1 Å². The average Bonchev–Trinajstić information content (AvgIpc) is 3.12. The minimum Gasteiger partial charge on any atom is -0.478 e. The van der Waals surface area contributed by atoms with Crippen molar-refractivity contribution in [3.63, 3.8) is 0 Å². The third kappa shape index (κ3) is 18.1. The number of anilines is 2. The summed E-state index contributed by atoms with van der Waals surface area (Å²) in [7, 11) is -22.9. The van der Waals surface area contributed by atoms with Gasteiger partial charge >= 0.3 is 145 Å². The van der Waals surface area contributed by atoms with Crippen LogP contribution in [0.15, 0.2) is 118 Å². The van der Waals surface area contributed by atoms with Crippen molar-refractivity contribution in [2.24, 2.45) is 30.7 Å². The molecule has 0 amide bonds. The molecule has 0 unspecified atom stereocenters. The van der Waals surface area contributed by atoms with Crippen LogP contribution in [0.2, 0.25) is 0 Å². The minimum absolute atomic E-state index is 0. The number of benzene rings is 4. The summed E-state index contributed by atoms with van der Waals surface area (Å²) < 4.78 is 152. The maximum atomic E-state index is 12.7. The second-order valence-corrected chi connectivity index (χ2v) is 19.0. The number of carbonyl (C=O) groups is 1. The van der Waals surface area contributed by atoms with Gasteiger partial charge in [0.1, 0.15) is 33.2 Å². The quantitative estimate of drug-likeness (QED) is 0.0233. The van der Waals surface area contributed by atoms with Crippen molar-refractivity contribution in [3.05, 3.63) is 78.4 Å². The molecule has 0 aromatic heterocycles. The van der Waals surface area contributed by atoms with Crippen molar-refractivity contribution in [2.45, 2.75) is 14.7 Å². The molecule has 0 aliphatic heterocycles. The first-order chi connectivity index (χ1) is 27.3. The Kier molecular flexibility index (Phi) is 24.8. The van der Waals surface area contributed by atoms with Crippen LogP contribution in [0.1, 0.15) is 10.4 Å². The van der Waals surface area contributed by atoms with Crippen molar-refractivity contribution < 1.29 is 192 Å². The molecule has 4 aromatic carbocycles. The van der Waals surface area contributed by atoms with Crippen LogP contribution in [-0.2, 0) is 59.0 Å². The molecular weight excluding hydrogens is 985 g/mol. The fourth-order valence-corrected chi connectivity index (χ4v) is 8.12. The predicted octanol–water partition coefficient (Wildman–Crippen LogP) is -7.76. The molecule has 0 fully saturated rings. The Morgan fingerprint density at radius 2 is 0.889 bits per heavy atom. The third-order valence-corrected chi connectivity index (χ3v) is 12.4. The molecular formula is C29H28N8Na4O17S5+4. The third-order valence-electron chi connectivity index (χ3n) is 7.20. The molecule has 0 saturated heterocycles. The van der Waals surface area contributed by atoms with E-state index in [1.807, 2.05) is 0 Å². The van der Waals surface area contributed by atoms with Gasteiger partial charge in [0.2, 0.25) is 0 Å². The standard InChI is InChI=1S/C29H28N8O17S5.4Na/c30-24-26(35-32-17-5-9-19(10-6-17)55(40,41)15-13-53-58(47,48)49)23(29(38)39)27(36-34-21-3-1-2-4-22(21)57(44,45)46)25(31)28(24)37-33-18-7-11-20(12-8-18)56(42,43)16-14-54-59(50,51)52;;;;/h1-12H,13-16,30-31H2,(H,38,39)(H,44,45,46)(H,47,48,49)(H,50,51,52);;;;/q;4*+1. The van der Waals surface area contributed by atoms with Crippen LogP contribution >= 0.6 is 0 Å². The number of hydrogen-bond acceptors (Lipinski definition) is 21. The zero-order valence-electron chi connectivity index (χ0n) is 33.2. The molecule has 0 saturated carbocycles. The molecule has 0 atom stereocenters. The van der Waals surface area contributed by atoms with Crippen molar-refractivity contribution >= 4 is 102 Å². The van der Waals surface area contributed by atoms with Gasteiger partial charge in [0.25, 0.3) is 10.1 Å². The topological polar surface area (TPSA) is 413 Å². The SMILES string of the molecule is Nc1c(N=Nc2ccc(S(=O)(=O)CCOS(=O)(=O)O)cc2)c(N)c(N=Nc2ccccc2S(=O)(=O)O)c(C(=O)O)c1N=Nc1ccc(S(=O)(=O)CCOS(=O)(=O)O)cc1.[Na+].[Na+].[Na+].[Na+]. The summed E-state index contributed by atoms with van der Waals surface area (Å²) in [5, 5.41) is 33.6. The molecule has 0 spiro atoms. The Labute approximate surface area is 448 Å². The van der Waals surface area contributed by atoms with Gasteiger partial charge in [0, 0.05) is 0 Å². The number of nitrogens with zero attached hydrogens (tertiary/aromatic N) is 6. The number of azo groups is 3. The monoisotopic (exact) mass is 1010 g/mol. The number of sulfone groups is 2. The molecule has 0 radical (unpaired) electrons. The van der Waals surface area contributed by atoms with E-state index in [9.17, 15) is 56.5 Å². The minimum atomic E-state index is -4.90. The van der Waals surface area contributed by atoms with Gasteiger partial charge in [-0.3, -0.25) is 13.7 Å². The fourth-order valence-electron chi connectivity index (χ4n) is 4.52. The largest absolute Gasteiger partial charge is 1.00 e.